The van der Waals surface area contributed by atoms with Crippen molar-refractivity contribution in [3.05, 3.63) is 99.0 Å². The maximum Gasteiger partial charge on any atom is 0.338 e. The lowest BCUT2D eigenvalue weighted by Crippen LogP contribution is -2.52. The van der Waals surface area contributed by atoms with Crippen LogP contribution in [0.5, 0.6) is 0 Å². The van der Waals surface area contributed by atoms with Crippen molar-refractivity contribution >= 4 is 40.8 Å². The topological polar surface area (TPSA) is 84.7 Å². The molecule has 4 atom stereocenters. The van der Waals surface area contributed by atoms with Gasteiger partial charge in [0, 0.05) is 45.8 Å². The summed E-state index contributed by atoms with van der Waals surface area (Å²) in [7, 11) is 0. The van der Waals surface area contributed by atoms with Crippen LogP contribution in [0.15, 0.2) is 66.7 Å². The average molecular weight is 579 g/mol. The Morgan fingerprint density at radius 2 is 1.82 bits per heavy atom. The maximum absolute atomic E-state index is 14.2. The number of likely N-dealkylation sites (tertiary alicyclic amines) is 1. The van der Waals surface area contributed by atoms with Gasteiger partial charge in [-0.15, -0.1) is 0 Å². The number of nitrogens with two attached hydrogens (primary N) is 1. The van der Waals surface area contributed by atoms with E-state index in [0.717, 1.165) is 54.6 Å². The lowest BCUT2D eigenvalue weighted by Gasteiger charge is -2.40. The van der Waals surface area contributed by atoms with E-state index < -0.39 is 5.54 Å². The first kappa shape index (κ1) is 27.3. The van der Waals surface area contributed by atoms with E-state index in [0.29, 0.717) is 28.1 Å². The number of hydrogen-bond acceptors (Lipinski definition) is 5. The van der Waals surface area contributed by atoms with Crippen LogP contribution in [0.25, 0.3) is 0 Å². The number of nitrogens with one attached hydrogen (secondary N) is 1. The van der Waals surface area contributed by atoms with Gasteiger partial charge in [-0.2, -0.15) is 0 Å². The second-order valence-corrected chi connectivity index (χ2v) is 12.0. The summed E-state index contributed by atoms with van der Waals surface area (Å²) in [6.07, 6.45) is 3.83. The van der Waals surface area contributed by atoms with Crippen molar-refractivity contribution in [2.75, 3.05) is 18.5 Å². The number of carbonyl (C=O) groups is 2. The number of halogens is 2. The molecule has 1 amide bonds. The fraction of sp³-hybridized carbons (Fsp3) is 0.375. The number of aryl methyl sites for hydroxylation is 1. The molecule has 3 aliphatic rings. The minimum Gasteiger partial charge on any atom is -0.462 e. The van der Waals surface area contributed by atoms with E-state index in [1.165, 1.54) is 0 Å². The van der Waals surface area contributed by atoms with Gasteiger partial charge in [-0.3, -0.25) is 9.69 Å². The van der Waals surface area contributed by atoms with Gasteiger partial charge in [0.15, 0.2) is 0 Å². The first-order valence-corrected chi connectivity index (χ1v) is 14.7. The predicted octanol–water partition coefficient (Wildman–Crippen LogP) is 6.16. The number of hydrogen-bond donors (Lipinski definition) is 2. The first-order valence-electron chi connectivity index (χ1n) is 14.0. The monoisotopic (exact) mass is 577 g/mol. The molecule has 3 N–H and O–H groups in total. The van der Waals surface area contributed by atoms with E-state index in [4.69, 9.17) is 33.7 Å². The number of anilines is 1. The Morgan fingerprint density at radius 1 is 1.07 bits per heavy atom. The largest absolute Gasteiger partial charge is 0.462 e. The zero-order valence-corrected chi connectivity index (χ0v) is 23.9. The normalized spacial score (nSPS) is 25.7. The summed E-state index contributed by atoms with van der Waals surface area (Å²) in [6, 6.07) is 20.6. The van der Waals surface area contributed by atoms with Gasteiger partial charge in [-0.25, -0.2) is 4.79 Å². The number of ether oxygens (including phenoxy) is 1. The number of carbonyl (C=O) groups excluding carboxylic acids is 2. The first-order chi connectivity index (χ1) is 19.3. The molecule has 1 saturated heterocycles. The Morgan fingerprint density at radius 3 is 2.52 bits per heavy atom. The van der Waals surface area contributed by atoms with Crippen LogP contribution >= 0.6 is 23.2 Å². The van der Waals surface area contributed by atoms with Gasteiger partial charge in [-0.05, 0) is 86.1 Å². The van der Waals surface area contributed by atoms with Gasteiger partial charge >= 0.3 is 5.97 Å². The number of esters is 1. The van der Waals surface area contributed by atoms with E-state index in [2.05, 4.69) is 10.2 Å². The highest BCUT2D eigenvalue weighted by Crippen LogP contribution is 2.58. The summed E-state index contributed by atoms with van der Waals surface area (Å²) in [5, 5.41) is 4.35. The number of nitrogens with zero attached hydrogens (tertiary/aromatic N) is 1. The summed E-state index contributed by atoms with van der Waals surface area (Å²) >= 11 is 12.8. The van der Waals surface area contributed by atoms with Crippen molar-refractivity contribution < 1.29 is 14.3 Å². The Kier molecular flexibility index (Phi) is 7.38. The lowest BCUT2D eigenvalue weighted by molar-refractivity contribution is -0.128. The van der Waals surface area contributed by atoms with E-state index >= 15 is 0 Å². The van der Waals surface area contributed by atoms with Crippen LogP contribution in [-0.4, -0.2) is 42.0 Å². The molecule has 1 saturated carbocycles. The number of rotatable bonds is 8. The van der Waals surface area contributed by atoms with Crippen molar-refractivity contribution in [3.8, 4) is 0 Å². The second kappa shape index (κ2) is 10.8. The highest BCUT2D eigenvalue weighted by atomic mass is 35.5. The predicted molar refractivity (Wildman–Crippen MR) is 158 cm³/mol. The average Bonchev–Trinajstić information content (AvgIpc) is 3.66. The van der Waals surface area contributed by atoms with Gasteiger partial charge in [0.2, 0.25) is 5.91 Å². The molecule has 3 aromatic rings. The van der Waals surface area contributed by atoms with Gasteiger partial charge in [0.05, 0.1) is 12.2 Å². The fourth-order valence-corrected chi connectivity index (χ4v) is 7.11. The molecule has 1 aliphatic carbocycles. The summed E-state index contributed by atoms with van der Waals surface area (Å²) in [6.45, 7) is 2.94. The molecule has 6 nitrogen and oxygen atoms in total. The quantitative estimate of drug-likeness (QED) is 0.313. The Bertz CT molecular complexity index is 1440. The minimum atomic E-state index is -0.967. The maximum atomic E-state index is 14.2. The van der Waals surface area contributed by atoms with Crippen molar-refractivity contribution in [2.24, 2.45) is 11.7 Å². The van der Waals surface area contributed by atoms with E-state index in [1.807, 2.05) is 66.7 Å². The van der Waals surface area contributed by atoms with E-state index in [1.54, 1.807) is 6.92 Å². The number of benzene rings is 3. The molecule has 6 rings (SSSR count). The molecular weight excluding hydrogens is 545 g/mol. The van der Waals surface area contributed by atoms with Crippen molar-refractivity contribution in [1.82, 2.24) is 4.90 Å². The molecule has 2 heterocycles. The fourth-order valence-electron chi connectivity index (χ4n) is 6.74. The molecule has 3 aromatic carbocycles. The lowest BCUT2D eigenvalue weighted by atomic mass is 9.74. The van der Waals surface area contributed by atoms with Crippen molar-refractivity contribution in [3.63, 3.8) is 0 Å². The van der Waals surface area contributed by atoms with Crippen LogP contribution in [-0.2, 0) is 21.5 Å². The van der Waals surface area contributed by atoms with Crippen molar-refractivity contribution in [1.29, 1.82) is 0 Å². The second-order valence-electron chi connectivity index (χ2n) is 11.1. The Hall–Kier alpha value is -2.90. The van der Waals surface area contributed by atoms with Gasteiger partial charge in [-0.1, -0.05) is 53.5 Å². The summed E-state index contributed by atoms with van der Waals surface area (Å²) in [5.74, 6) is -0.145. The van der Waals surface area contributed by atoms with Crippen LogP contribution in [0.2, 0.25) is 10.0 Å². The van der Waals surface area contributed by atoms with Crippen LogP contribution in [0.1, 0.15) is 59.2 Å². The van der Waals surface area contributed by atoms with Crippen LogP contribution in [0, 0.1) is 5.92 Å². The van der Waals surface area contributed by atoms with Gasteiger partial charge in [0.1, 0.15) is 5.54 Å². The summed E-state index contributed by atoms with van der Waals surface area (Å²) in [4.78, 5) is 28.7. The molecule has 208 valence electrons. The molecule has 0 aromatic heterocycles. The standard InChI is InChI=1S/C32H33Cl2N3O3/c1-2-40-30(38)21-11-8-19(9-12-21)10-15-27-29(35)28(22-4-3-5-23(33)16-22)32(37(27)18-20-6-7-20)25-14-13-24(34)17-26(25)36-31(32)39/h3-5,8-9,11-14,16-17,20,27-29H,2,6-7,10,15,18,35H2,1H3,(H,36,39). The Labute approximate surface area is 244 Å². The number of fused-ring (bicyclic) bond motifs is 2. The van der Waals surface area contributed by atoms with E-state index in [-0.39, 0.29) is 29.9 Å². The molecule has 2 aliphatic heterocycles. The zero-order valence-electron chi connectivity index (χ0n) is 22.4. The summed E-state index contributed by atoms with van der Waals surface area (Å²) < 4.78 is 5.12. The molecular formula is C32H33Cl2N3O3. The highest BCUT2D eigenvalue weighted by Gasteiger charge is 2.66. The molecule has 0 radical (unpaired) electrons. The molecule has 1 spiro atoms. The minimum absolute atomic E-state index is 0.0540. The van der Waals surface area contributed by atoms with Crippen LogP contribution < -0.4 is 11.1 Å². The zero-order chi connectivity index (χ0) is 28.0. The third kappa shape index (κ3) is 4.71. The smallest absolute Gasteiger partial charge is 0.338 e. The molecule has 4 unspecified atom stereocenters. The van der Waals surface area contributed by atoms with Gasteiger partial charge in [0.25, 0.3) is 0 Å². The summed E-state index contributed by atoms with van der Waals surface area (Å²) in [5.41, 5.74) is 10.5. The van der Waals surface area contributed by atoms with Crippen LogP contribution in [0.3, 0.4) is 0 Å². The third-order valence-corrected chi connectivity index (χ3v) is 9.14. The van der Waals surface area contributed by atoms with Crippen LogP contribution in [0.4, 0.5) is 5.69 Å². The SMILES string of the molecule is CCOC(=O)c1ccc(CCC2C(N)C(c3cccc(Cl)c3)C3(C(=O)Nc4cc(Cl)ccc43)N2CC2CC2)cc1. The molecule has 8 heteroatoms. The van der Waals surface area contributed by atoms with Gasteiger partial charge < -0.3 is 15.8 Å². The molecule has 2 fully saturated rings. The van der Waals surface area contributed by atoms with E-state index in [9.17, 15) is 9.59 Å². The van der Waals surface area contributed by atoms with Crippen molar-refractivity contribution in [2.45, 2.75) is 56.1 Å². The third-order valence-electron chi connectivity index (χ3n) is 8.67. The Balaban J connectivity index is 1.40. The highest BCUT2D eigenvalue weighted by molar-refractivity contribution is 6.31. The molecule has 0 bridgehead atoms. The molecule has 40 heavy (non-hydrogen) atoms. The number of amides is 1.